The minimum atomic E-state index is -2.33. The molecule has 3 rings (SSSR count). The molecule has 1 saturated heterocycles. The van der Waals surface area contributed by atoms with Crippen molar-refractivity contribution >= 4 is 13.5 Å². The quantitative estimate of drug-likeness (QED) is 0.844. The van der Waals surface area contributed by atoms with Gasteiger partial charge in [-0.1, -0.05) is 62.4 Å². The van der Waals surface area contributed by atoms with Crippen LogP contribution in [0.4, 0.5) is 0 Å². The molecule has 1 heterocycles. The Morgan fingerprint density at radius 1 is 0.952 bits per heavy atom. The summed E-state index contributed by atoms with van der Waals surface area (Å²) in [5, 5.41) is 1.27. The van der Waals surface area contributed by atoms with Crippen molar-refractivity contribution in [1.82, 2.24) is 4.90 Å². The van der Waals surface area contributed by atoms with Gasteiger partial charge in [0.15, 0.2) is 0 Å². The van der Waals surface area contributed by atoms with E-state index in [-0.39, 0.29) is 0 Å². The lowest BCUT2D eigenvalue weighted by atomic mass is 10.0. The van der Waals surface area contributed by atoms with Gasteiger partial charge in [-0.25, -0.2) is 0 Å². The molecular weight excluding hydrogens is 274 g/mol. The van der Waals surface area contributed by atoms with Gasteiger partial charge in [-0.15, -0.1) is 0 Å². The highest BCUT2D eigenvalue weighted by atomic mass is 28.4. The van der Waals surface area contributed by atoms with Crippen molar-refractivity contribution in [2.45, 2.75) is 56.5 Å². The molecule has 1 unspecified atom stereocenters. The summed E-state index contributed by atoms with van der Waals surface area (Å²) < 4.78 is 0. The fraction of sp³-hybridized carbons (Fsp3) is 0.667. The molecule has 3 heteroatoms. The molecule has 0 bridgehead atoms. The first-order valence-electron chi connectivity index (χ1n) is 8.79. The van der Waals surface area contributed by atoms with Crippen LogP contribution in [0.2, 0.25) is 11.6 Å². The number of nitrogens with zero attached hydrogens (tertiary/aromatic N) is 1. The van der Waals surface area contributed by atoms with Gasteiger partial charge >= 0.3 is 0 Å². The normalized spacial score (nSPS) is 24.0. The van der Waals surface area contributed by atoms with E-state index in [4.69, 9.17) is 0 Å². The van der Waals surface area contributed by atoms with Crippen molar-refractivity contribution in [2.75, 3.05) is 19.6 Å². The van der Waals surface area contributed by atoms with Crippen molar-refractivity contribution in [1.29, 1.82) is 0 Å². The van der Waals surface area contributed by atoms with E-state index in [1.165, 1.54) is 63.2 Å². The van der Waals surface area contributed by atoms with Gasteiger partial charge in [0, 0.05) is 0 Å². The third-order valence-corrected chi connectivity index (χ3v) is 9.81. The standard InChI is InChI=1S/C18H29NOSi/c20-21(17-9-3-1-4-10-17,18-11-5-2-6-12-18)16-15-19-13-7-8-14-19/h1,3-4,9-10,18,20H,2,5-8,11-16H2. The maximum atomic E-state index is 11.7. The van der Waals surface area contributed by atoms with Crippen LogP contribution >= 0.6 is 0 Å². The first-order chi connectivity index (χ1) is 10.3. The second-order valence-corrected chi connectivity index (χ2v) is 10.7. The second-order valence-electron chi connectivity index (χ2n) is 6.92. The Bertz CT molecular complexity index is 426. The Labute approximate surface area is 130 Å². The number of hydrogen-bond acceptors (Lipinski definition) is 2. The lowest BCUT2D eigenvalue weighted by Gasteiger charge is -2.37. The fourth-order valence-electron chi connectivity index (χ4n) is 4.23. The molecule has 0 radical (unpaired) electrons. The Morgan fingerprint density at radius 2 is 1.62 bits per heavy atom. The maximum Gasteiger partial charge on any atom is 0.224 e. The molecule has 1 aliphatic heterocycles. The monoisotopic (exact) mass is 303 g/mol. The Hall–Kier alpha value is -0.643. The molecule has 0 spiro atoms. The molecule has 0 amide bonds. The van der Waals surface area contributed by atoms with Gasteiger partial charge < -0.3 is 9.70 Å². The summed E-state index contributed by atoms with van der Waals surface area (Å²) in [6.45, 7) is 3.59. The third-order valence-electron chi connectivity index (χ3n) is 5.56. The summed E-state index contributed by atoms with van der Waals surface area (Å²) >= 11 is 0. The molecule has 21 heavy (non-hydrogen) atoms. The third kappa shape index (κ3) is 3.58. The van der Waals surface area contributed by atoms with Gasteiger partial charge in [0.1, 0.15) is 0 Å². The van der Waals surface area contributed by atoms with E-state index in [1.54, 1.807) is 0 Å². The predicted octanol–water partition coefficient (Wildman–Crippen LogP) is 3.26. The Balaban J connectivity index is 1.75. The zero-order valence-electron chi connectivity index (χ0n) is 13.1. The summed E-state index contributed by atoms with van der Waals surface area (Å²) in [5.41, 5.74) is 0.580. The van der Waals surface area contributed by atoms with Crippen molar-refractivity contribution in [3.8, 4) is 0 Å². The van der Waals surface area contributed by atoms with E-state index in [2.05, 4.69) is 35.2 Å². The lowest BCUT2D eigenvalue weighted by Crippen LogP contribution is -2.54. The van der Waals surface area contributed by atoms with E-state index in [1.807, 2.05) is 0 Å². The summed E-state index contributed by atoms with van der Waals surface area (Å²) in [4.78, 5) is 14.2. The number of likely N-dealkylation sites (tertiary alicyclic amines) is 1. The summed E-state index contributed by atoms with van der Waals surface area (Å²) in [7, 11) is -2.33. The van der Waals surface area contributed by atoms with Crippen LogP contribution in [0, 0.1) is 0 Å². The van der Waals surface area contributed by atoms with E-state index in [0.717, 1.165) is 12.6 Å². The van der Waals surface area contributed by atoms with E-state index in [9.17, 15) is 4.80 Å². The molecule has 2 nitrogen and oxygen atoms in total. The largest absolute Gasteiger partial charge is 0.427 e. The average molecular weight is 304 g/mol. The van der Waals surface area contributed by atoms with Crippen LogP contribution in [0.3, 0.4) is 0 Å². The number of benzene rings is 1. The molecule has 2 aliphatic rings. The maximum absolute atomic E-state index is 11.7. The highest BCUT2D eigenvalue weighted by Crippen LogP contribution is 2.37. The molecule has 1 saturated carbocycles. The van der Waals surface area contributed by atoms with E-state index >= 15 is 0 Å². The molecule has 1 aromatic rings. The van der Waals surface area contributed by atoms with Crippen molar-refractivity contribution in [3.63, 3.8) is 0 Å². The highest BCUT2D eigenvalue weighted by Gasteiger charge is 2.42. The van der Waals surface area contributed by atoms with Crippen LogP contribution < -0.4 is 5.19 Å². The van der Waals surface area contributed by atoms with Crippen LogP contribution in [0.25, 0.3) is 0 Å². The Morgan fingerprint density at radius 3 is 2.29 bits per heavy atom. The molecule has 116 valence electrons. The van der Waals surface area contributed by atoms with Gasteiger partial charge in [-0.2, -0.15) is 0 Å². The van der Waals surface area contributed by atoms with Gasteiger partial charge in [-0.05, 0) is 49.2 Å². The van der Waals surface area contributed by atoms with E-state index in [0.29, 0.717) is 5.54 Å². The minimum absolute atomic E-state index is 0.580. The first-order valence-corrected chi connectivity index (χ1v) is 11.0. The number of rotatable bonds is 5. The zero-order chi connectivity index (χ0) is 14.5. The van der Waals surface area contributed by atoms with Crippen molar-refractivity contribution in [3.05, 3.63) is 30.3 Å². The molecule has 1 atom stereocenters. The molecule has 0 aromatic heterocycles. The lowest BCUT2D eigenvalue weighted by molar-refractivity contribution is 0.345. The topological polar surface area (TPSA) is 23.5 Å². The Kier molecular flexibility index (Phi) is 5.14. The van der Waals surface area contributed by atoms with Crippen LogP contribution in [0.15, 0.2) is 30.3 Å². The summed E-state index contributed by atoms with van der Waals surface area (Å²) in [5.74, 6) is 0. The SMILES string of the molecule is O[Si](CCN1CCCC1)(c1ccccc1)C1CCCCC1. The van der Waals surface area contributed by atoms with Gasteiger partial charge in [0.25, 0.3) is 0 Å². The minimum Gasteiger partial charge on any atom is -0.427 e. The fourth-order valence-corrected chi connectivity index (χ4v) is 8.18. The van der Waals surface area contributed by atoms with Crippen LogP contribution in [0.1, 0.15) is 44.9 Å². The summed E-state index contributed by atoms with van der Waals surface area (Å²) in [6.07, 6.45) is 9.17. The van der Waals surface area contributed by atoms with Crippen molar-refractivity contribution in [2.24, 2.45) is 0 Å². The predicted molar refractivity (Wildman–Crippen MR) is 91.4 cm³/mol. The number of hydrogen-bond donors (Lipinski definition) is 1. The molecular formula is C18H29NOSi. The van der Waals surface area contributed by atoms with Crippen LogP contribution in [-0.4, -0.2) is 37.6 Å². The van der Waals surface area contributed by atoms with Crippen LogP contribution in [-0.2, 0) is 0 Å². The summed E-state index contributed by atoms with van der Waals surface area (Å²) in [6, 6.07) is 11.7. The van der Waals surface area contributed by atoms with Gasteiger partial charge in [-0.3, -0.25) is 0 Å². The smallest absolute Gasteiger partial charge is 0.224 e. The molecule has 1 aliphatic carbocycles. The first kappa shape index (κ1) is 15.3. The zero-order valence-corrected chi connectivity index (χ0v) is 14.1. The average Bonchev–Trinajstić information content (AvgIpc) is 3.08. The second kappa shape index (κ2) is 7.08. The molecule has 2 fully saturated rings. The van der Waals surface area contributed by atoms with E-state index < -0.39 is 8.32 Å². The van der Waals surface area contributed by atoms with Gasteiger partial charge in [0.2, 0.25) is 8.32 Å². The molecule has 1 N–H and O–H groups in total. The highest BCUT2D eigenvalue weighted by molar-refractivity contribution is 6.86. The van der Waals surface area contributed by atoms with Crippen LogP contribution in [0.5, 0.6) is 0 Å². The molecule has 1 aromatic carbocycles. The van der Waals surface area contributed by atoms with Crippen molar-refractivity contribution < 1.29 is 4.80 Å². The van der Waals surface area contributed by atoms with Gasteiger partial charge in [0.05, 0.1) is 0 Å².